The lowest BCUT2D eigenvalue weighted by Crippen LogP contribution is -2.67. The summed E-state index contributed by atoms with van der Waals surface area (Å²) in [5.41, 5.74) is 0.610. The molecule has 6 rings (SSSR count). The van der Waals surface area contributed by atoms with Gasteiger partial charge in [-0.1, -0.05) is 46.8 Å². The van der Waals surface area contributed by atoms with E-state index in [9.17, 15) is 19.5 Å². The van der Waals surface area contributed by atoms with Gasteiger partial charge in [-0.25, -0.2) is 0 Å². The van der Waals surface area contributed by atoms with E-state index in [0.29, 0.717) is 48.5 Å². The number of allylic oxidation sites excluding steroid dienone is 1. The van der Waals surface area contributed by atoms with E-state index in [1.165, 1.54) is 37.7 Å². The fraction of sp³-hybridized carbons (Fsp3) is 0.881. The maximum absolute atomic E-state index is 14.0. The Balaban J connectivity index is 1.25. The van der Waals surface area contributed by atoms with Crippen LogP contribution in [0.3, 0.4) is 0 Å². The van der Waals surface area contributed by atoms with Gasteiger partial charge in [-0.05, 0) is 143 Å². The van der Waals surface area contributed by atoms with Crippen molar-refractivity contribution in [2.24, 2.45) is 62.1 Å². The van der Waals surface area contributed by atoms with E-state index >= 15 is 0 Å². The number of carboxylic acids is 1. The van der Waals surface area contributed by atoms with E-state index in [0.717, 1.165) is 58.2 Å². The van der Waals surface area contributed by atoms with E-state index in [1.54, 1.807) is 13.8 Å². The van der Waals surface area contributed by atoms with Gasteiger partial charge in [-0.3, -0.25) is 14.4 Å². The molecule has 7 heteroatoms. The smallest absolute Gasteiger partial charge is 0.309 e. The second-order valence-electron chi connectivity index (χ2n) is 19.8. The molecule has 6 fully saturated rings. The molecule has 0 aromatic rings. The Labute approximate surface area is 296 Å². The fourth-order valence-corrected chi connectivity index (χ4v) is 13.8. The largest absolute Gasteiger partial charge is 0.481 e. The number of esters is 1. The molecule has 10 atom stereocenters. The lowest BCUT2D eigenvalue weighted by molar-refractivity contribution is -0.250. The van der Waals surface area contributed by atoms with Crippen LogP contribution < -0.4 is 0 Å². The highest BCUT2D eigenvalue weighted by Crippen LogP contribution is 2.78. The molecule has 276 valence electrons. The van der Waals surface area contributed by atoms with Gasteiger partial charge in [-0.2, -0.15) is 0 Å². The number of carboxylic acid groups (broad SMARTS) is 1. The number of carbonyl (C=O) groups excluding carboxylic acids is 2. The number of nitrogens with zero attached hydrogens (tertiary/aromatic N) is 1. The van der Waals surface area contributed by atoms with Crippen LogP contribution in [0.5, 0.6) is 0 Å². The molecule has 0 spiro atoms. The molecule has 6 aliphatic rings. The van der Waals surface area contributed by atoms with Crippen LogP contribution in [0.15, 0.2) is 12.2 Å². The third kappa shape index (κ3) is 5.82. The molecule has 0 unspecified atom stereocenters. The van der Waals surface area contributed by atoms with E-state index in [-0.39, 0.29) is 45.6 Å². The van der Waals surface area contributed by atoms with Gasteiger partial charge in [0, 0.05) is 31.5 Å². The highest BCUT2D eigenvalue weighted by atomic mass is 16.5. The maximum Gasteiger partial charge on any atom is 0.309 e. The van der Waals surface area contributed by atoms with Gasteiger partial charge in [0.25, 0.3) is 0 Å². The second kappa shape index (κ2) is 12.7. The number of rotatable bonds is 7. The highest BCUT2D eigenvalue weighted by Gasteiger charge is 2.71. The first-order chi connectivity index (χ1) is 22.8. The van der Waals surface area contributed by atoms with E-state index in [1.807, 2.05) is 0 Å². The van der Waals surface area contributed by atoms with Gasteiger partial charge in [0.2, 0.25) is 5.91 Å². The topological polar surface area (TPSA) is 93.1 Å². The third-order valence-electron chi connectivity index (χ3n) is 16.7. The van der Waals surface area contributed by atoms with E-state index in [4.69, 9.17) is 9.47 Å². The average molecular weight is 682 g/mol. The monoisotopic (exact) mass is 681 g/mol. The summed E-state index contributed by atoms with van der Waals surface area (Å²) in [7, 11) is 0. The number of fused-ring (bicyclic) bond motifs is 7. The third-order valence-corrected chi connectivity index (χ3v) is 16.7. The SMILES string of the molecule is C=C(C)[C@@H]1CC[C@]2(CC(=O)N3CCCOCC3)CC[C@]3(C)[C@H](CC[C@@H]4[C@@]5(C)CC[C@H](OC(=O)CC(C)(C)C(=O)O)C(C)(C)[C@@H]5CC[C@]43C)[C@@H]12. The van der Waals surface area contributed by atoms with Gasteiger partial charge in [0.15, 0.2) is 0 Å². The summed E-state index contributed by atoms with van der Waals surface area (Å²) in [6.07, 6.45) is 12.6. The van der Waals surface area contributed by atoms with Crippen molar-refractivity contribution in [2.45, 2.75) is 145 Å². The molecule has 5 saturated carbocycles. The van der Waals surface area contributed by atoms with Crippen LogP contribution in [-0.4, -0.2) is 60.3 Å². The van der Waals surface area contributed by atoms with Gasteiger partial charge in [0.05, 0.1) is 18.4 Å². The summed E-state index contributed by atoms with van der Waals surface area (Å²) >= 11 is 0. The Kier molecular flexibility index (Phi) is 9.53. The van der Waals surface area contributed by atoms with Crippen molar-refractivity contribution in [3.63, 3.8) is 0 Å². The summed E-state index contributed by atoms with van der Waals surface area (Å²) in [6.45, 7) is 25.4. The minimum Gasteiger partial charge on any atom is -0.481 e. The molecule has 1 N–H and O–H groups in total. The second-order valence-corrected chi connectivity index (χ2v) is 19.8. The van der Waals surface area contributed by atoms with Crippen molar-refractivity contribution >= 4 is 17.8 Å². The first-order valence-electron chi connectivity index (χ1n) is 19.8. The van der Waals surface area contributed by atoms with Gasteiger partial charge in [0.1, 0.15) is 6.10 Å². The minimum absolute atomic E-state index is 0.0709. The molecule has 1 saturated heterocycles. The Hall–Kier alpha value is -1.89. The minimum atomic E-state index is -1.14. The van der Waals surface area contributed by atoms with Crippen LogP contribution in [0.2, 0.25) is 0 Å². The van der Waals surface area contributed by atoms with Gasteiger partial charge < -0.3 is 19.5 Å². The van der Waals surface area contributed by atoms with Gasteiger partial charge in [-0.15, -0.1) is 0 Å². The molecule has 1 aliphatic heterocycles. The zero-order chi connectivity index (χ0) is 35.8. The molecule has 0 bridgehead atoms. The number of hydrogen-bond acceptors (Lipinski definition) is 5. The molecule has 0 radical (unpaired) electrons. The molecule has 1 heterocycles. The number of amides is 1. The van der Waals surface area contributed by atoms with Crippen molar-refractivity contribution in [1.29, 1.82) is 0 Å². The maximum atomic E-state index is 14.0. The van der Waals surface area contributed by atoms with E-state index < -0.39 is 11.4 Å². The summed E-state index contributed by atoms with van der Waals surface area (Å²) < 4.78 is 11.9. The van der Waals surface area contributed by atoms with Crippen LogP contribution >= 0.6 is 0 Å². The van der Waals surface area contributed by atoms with Crippen molar-refractivity contribution in [1.82, 2.24) is 4.90 Å². The first-order valence-corrected chi connectivity index (χ1v) is 19.8. The quantitative estimate of drug-likeness (QED) is 0.214. The van der Waals surface area contributed by atoms with Crippen LogP contribution in [-0.2, 0) is 23.9 Å². The van der Waals surface area contributed by atoms with Gasteiger partial charge >= 0.3 is 11.9 Å². The summed E-state index contributed by atoms with van der Waals surface area (Å²) in [6, 6.07) is 0. The lowest BCUT2D eigenvalue weighted by atomic mass is 9.32. The number of hydrogen-bond donors (Lipinski definition) is 1. The van der Waals surface area contributed by atoms with Crippen molar-refractivity contribution < 1.29 is 29.0 Å². The Morgan fingerprint density at radius 2 is 1.61 bits per heavy atom. The van der Waals surface area contributed by atoms with Crippen molar-refractivity contribution in [3.8, 4) is 0 Å². The van der Waals surface area contributed by atoms with Crippen molar-refractivity contribution in [3.05, 3.63) is 12.2 Å². The molecule has 1 amide bonds. The normalized spacial score (nSPS) is 43.2. The summed E-state index contributed by atoms with van der Waals surface area (Å²) in [4.78, 5) is 40.9. The molecule has 7 nitrogen and oxygen atoms in total. The molecule has 5 aliphatic carbocycles. The first kappa shape index (κ1) is 36.9. The Bertz CT molecular complexity index is 1330. The summed E-state index contributed by atoms with van der Waals surface area (Å²) in [5, 5.41) is 9.60. The van der Waals surface area contributed by atoms with Crippen LogP contribution in [0, 0.1) is 62.1 Å². The summed E-state index contributed by atoms with van der Waals surface area (Å²) in [5.74, 6) is 1.62. The fourth-order valence-electron chi connectivity index (χ4n) is 13.8. The average Bonchev–Trinajstić information content (AvgIpc) is 3.17. The molecule has 0 aromatic carbocycles. The molecule has 0 aromatic heterocycles. The molecule has 49 heavy (non-hydrogen) atoms. The molecular weight excluding hydrogens is 614 g/mol. The Morgan fingerprint density at radius 1 is 0.878 bits per heavy atom. The standard InChI is InChI=1S/C42H67NO6/c1-27(2)28-13-18-42(25-33(44)43-21-10-23-48-24-22-43)20-19-40(8)29(35(28)42)11-12-31-39(7)16-15-32(49-34(45)26-37(3,4)36(46)47)38(5,6)30(39)14-17-41(31,40)9/h28-32,35H,1,10-26H2,2-9H3,(H,46,47)/t28-,29+,30-,31+,32-,35+,39-,40+,41+,42+/m0/s1. The number of carbonyl (C=O) groups is 3. The van der Waals surface area contributed by atoms with Crippen LogP contribution in [0.4, 0.5) is 0 Å². The van der Waals surface area contributed by atoms with Crippen LogP contribution in [0.1, 0.15) is 139 Å². The number of aliphatic carboxylic acids is 1. The Morgan fingerprint density at radius 3 is 2.31 bits per heavy atom. The molecular formula is C42H67NO6. The predicted molar refractivity (Wildman–Crippen MR) is 192 cm³/mol. The number of ether oxygens (including phenoxy) is 2. The van der Waals surface area contributed by atoms with Crippen LogP contribution in [0.25, 0.3) is 0 Å². The zero-order valence-corrected chi connectivity index (χ0v) is 32.1. The predicted octanol–water partition coefficient (Wildman–Crippen LogP) is 8.70. The lowest BCUT2D eigenvalue weighted by Gasteiger charge is -2.73. The van der Waals surface area contributed by atoms with Crippen molar-refractivity contribution in [2.75, 3.05) is 26.3 Å². The van der Waals surface area contributed by atoms with E-state index in [2.05, 4.69) is 53.0 Å². The highest BCUT2D eigenvalue weighted by molar-refractivity contribution is 5.81. The zero-order valence-electron chi connectivity index (χ0n) is 32.1.